The molecule has 6 heteroatoms. The summed E-state index contributed by atoms with van der Waals surface area (Å²) >= 11 is 0. The van der Waals surface area contributed by atoms with Gasteiger partial charge in [0, 0.05) is 0 Å². The Morgan fingerprint density at radius 1 is 1.44 bits per heavy atom. The minimum Gasteiger partial charge on any atom is -0.480 e. The molecule has 5 nitrogen and oxygen atoms in total. The Bertz CT molecular complexity index is 410. The van der Waals surface area contributed by atoms with E-state index in [2.05, 4.69) is 0 Å². The van der Waals surface area contributed by atoms with E-state index in [1.54, 1.807) is 13.8 Å². The van der Waals surface area contributed by atoms with Crippen LogP contribution in [-0.4, -0.2) is 42.2 Å². The Morgan fingerprint density at radius 2 is 2.00 bits per heavy atom. The Morgan fingerprint density at radius 3 is 2.33 bits per heavy atom. The highest BCUT2D eigenvalue weighted by molar-refractivity contribution is 7.92. The van der Waals surface area contributed by atoms with Gasteiger partial charge in [-0.25, -0.2) is 8.42 Å². The van der Waals surface area contributed by atoms with Gasteiger partial charge in [0.2, 0.25) is 0 Å². The summed E-state index contributed by atoms with van der Waals surface area (Å²) in [5.41, 5.74) is -0.309. The summed E-state index contributed by atoms with van der Waals surface area (Å²) in [6, 6.07) is 0. The van der Waals surface area contributed by atoms with Crippen LogP contribution in [0.1, 0.15) is 40.5 Å². The number of ether oxygens (including phenoxy) is 1. The molecule has 0 spiro atoms. The molecule has 1 saturated heterocycles. The van der Waals surface area contributed by atoms with Crippen LogP contribution in [0.4, 0.5) is 0 Å². The highest BCUT2D eigenvalue weighted by Gasteiger charge is 2.40. The van der Waals surface area contributed by atoms with Gasteiger partial charge < -0.3 is 9.84 Å². The molecule has 0 aromatic carbocycles. The van der Waals surface area contributed by atoms with Gasteiger partial charge >= 0.3 is 5.97 Å². The lowest BCUT2D eigenvalue weighted by Gasteiger charge is -2.22. The topological polar surface area (TPSA) is 80.7 Å². The maximum absolute atomic E-state index is 12.1. The van der Waals surface area contributed by atoms with Crippen LogP contribution in [0.2, 0.25) is 0 Å². The minimum atomic E-state index is -3.68. The van der Waals surface area contributed by atoms with E-state index in [9.17, 15) is 13.2 Å². The number of carboxylic acids is 1. The SMILES string of the molecule is CC(C)C(C(=O)O)S(=O)(=O)CC1CCC(C)(C)O1. The van der Waals surface area contributed by atoms with E-state index in [1.165, 1.54) is 0 Å². The first kappa shape index (κ1) is 15.4. The van der Waals surface area contributed by atoms with Gasteiger partial charge in [-0.1, -0.05) is 13.8 Å². The average molecular weight is 278 g/mol. The van der Waals surface area contributed by atoms with Crippen molar-refractivity contribution in [2.24, 2.45) is 5.92 Å². The van der Waals surface area contributed by atoms with Crippen LogP contribution < -0.4 is 0 Å². The smallest absolute Gasteiger partial charge is 0.322 e. The molecule has 0 aliphatic carbocycles. The average Bonchev–Trinajstić information content (AvgIpc) is 2.41. The molecule has 1 heterocycles. The third kappa shape index (κ3) is 3.68. The van der Waals surface area contributed by atoms with E-state index >= 15 is 0 Å². The van der Waals surface area contributed by atoms with Crippen molar-refractivity contribution in [3.63, 3.8) is 0 Å². The van der Waals surface area contributed by atoms with E-state index in [1.807, 2.05) is 13.8 Å². The van der Waals surface area contributed by atoms with Crippen molar-refractivity contribution in [3.05, 3.63) is 0 Å². The Labute approximate surface area is 108 Å². The molecule has 1 rings (SSSR count). The normalized spacial score (nSPS) is 25.3. The van der Waals surface area contributed by atoms with E-state index in [0.717, 1.165) is 6.42 Å². The maximum Gasteiger partial charge on any atom is 0.322 e. The molecule has 0 aromatic heterocycles. The fourth-order valence-corrected chi connectivity index (χ4v) is 4.51. The Hall–Kier alpha value is -0.620. The highest BCUT2D eigenvalue weighted by Crippen LogP contribution is 2.31. The summed E-state index contributed by atoms with van der Waals surface area (Å²) in [5, 5.41) is 7.69. The van der Waals surface area contributed by atoms with Crippen molar-refractivity contribution >= 4 is 15.8 Å². The molecule has 1 fully saturated rings. The van der Waals surface area contributed by atoms with E-state index in [-0.39, 0.29) is 17.5 Å². The van der Waals surface area contributed by atoms with Crippen LogP contribution in [0.25, 0.3) is 0 Å². The van der Waals surface area contributed by atoms with Crippen molar-refractivity contribution in [2.75, 3.05) is 5.75 Å². The van der Waals surface area contributed by atoms with Gasteiger partial charge in [-0.3, -0.25) is 4.79 Å². The molecule has 2 unspecified atom stereocenters. The Balaban J connectivity index is 2.79. The fourth-order valence-electron chi connectivity index (χ4n) is 2.41. The van der Waals surface area contributed by atoms with Gasteiger partial charge in [-0.15, -0.1) is 0 Å². The minimum absolute atomic E-state index is 0.203. The lowest BCUT2D eigenvalue weighted by molar-refractivity contribution is -0.137. The van der Waals surface area contributed by atoms with Crippen LogP contribution in [0.3, 0.4) is 0 Å². The Kier molecular flexibility index (Phi) is 4.43. The van der Waals surface area contributed by atoms with Crippen molar-refractivity contribution in [1.29, 1.82) is 0 Å². The molecule has 106 valence electrons. The predicted molar refractivity (Wildman–Crippen MR) is 68.2 cm³/mol. The van der Waals surface area contributed by atoms with Gasteiger partial charge in [0.05, 0.1) is 17.5 Å². The number of hydrogen-bond acceptors (Lipinski definition) is 4. The molecule has 1 N–H and O–H groups in total. The number of carbonyl (C=O) groups is 1. The summed E-state index contributed by atoms with van der Waals surface area (Å²) < 4.78 is 29.9. The maximum atomic E-state index is 12.1. The van der Waals surface area contributed by atoms with Crippen LogP contribution in [0, 0.1) is 5.92 Å². The van der Waals surface area contributed by atoms with Gasteiger partial charge in [0.15, 0.2) is 15.1 Å². The summed E-state index contributed by atoms with van der Waals surface area (Å²) in [7, 11) is -3.68. The van der Waals surface area contributed by atoms with Crippen molar-refractivity contribution in [2.45, 2.75) is 57.5 Å². The van der Waals surface area contributed by atoms with E-state index < -0.39 is 27.0 Å². The van der Waals surface area contributed by atoms with Crippen LogP contribution >= 0.6 is 0 Å². The largest absolute Gasteiger partial charge is 0.480 e. The van der Waals surface area contributed by atoms with E-state index in [0.29, 0.717) is 6.42 Å². The molecule has 0 amide bonds. The molecule has 0 bridgehead atoms. The first-order valence-corrected chi connectivity index (χ1v) is 7.89. The lowest BCUT2D eigenvalue weighted by Crippen LogP contribution is -2.39. The van der Waals surface area contributed by atoms with Crippen LogP contribution in [-0.2, 0) is 19.4 Å². The van der Waals surface area contributed by atoms with Crippen LogP contribution in [0.15, 0.2) is 0 Å². The zero-order valence-corrected chi connectivity index (χ0v) is 12.2. The first-order valence-electron chi connectivity index (χ1n) is 6.17. The van der Waals surface area contributed by atoms with Gasteiger partial charge in [0.1, 0.15) is 0 Å². The molecule has 1 aliphatic rings. The molecule has 2 atom stereocenters. The summed E-state index contributed by atoms with van der Waals surface area (Å²) in [5.74, 6) is -1.92. The molecule has 0 aromatic rings. The number of aliphatic carboxylic acids is 1. The second-order valence-corrected chi connectivity index (χ2v) is 8.04. The monoisotopic (exact) mass is 278 g/mol. The van der Waals surface area contributed by atoms with Gasteiger partial charge in [-0.05, 0) is 32.6 Å². The molecule has 18 heavy (non-hydrogen) atoms. The van der Waals surface area contributed by atoms with Crippen molar-refractivity contribution in [3.8, 4) is 0 Å². The first-order chi connectivity index (χ1) is 8.05. The van der Waals surface area contributed by atoms with E-state index in [4.69, 9.17) is 9.84 Å². The predicted octanol–water partition coefficient (Wildman–Crippen LogP) is 1.47. The molecular formula is C12H22O5S. The summed E-state index contributed by atoms with van der Waals surface area (Å²) in [6.07, 6.45) is 1.08. The fraction of sp³-hybridized carbons (Fsp3) is 0.917. The van der Waals surface area contributed by atoms with Crippen LogP contribution in [0.5, 0.6) is 0 Å². The zero-order valence-electron chi connectivity index (χ0n) is 11.3. The highest BCUT2D eigenvalue weighted by atomic mass is 32.2. The molecular weight excluding hydrogens is 256 g/mol. The summed E-state index contributed by atoms with van der Waals surface area (Å²) in [4.78, 5) is 11.1. The third-order valence-electron chi connectivity index (χ3n) is 3.21. The number of rotatable bonds is 5. The van der Waals surface area contributed by atoms with Gasteiger partial charge in [-0.2, -0.15) is 0 Å². The third-order valence-corrected chi connectivity index (χ3v) is 5.56. The van der Waals surface area contributed by atoms with Gasteiger partial charge in [0.25, 0.3) is 0 Å². The number of hydrogen-bond donors (Lipinski definition) is 1. The quantitative estimate of drug-likeness (QED) is 0.823. The second kappa shape index (κ2) is 5.17. The lowest BCUT2D eigenvalue weighted by atomic mass is 10.1. The molecule has 0 saturated carbocycles. The second-order valence-electron chi connectivity index (χ2n) is 5.87. The number of sulfone groups is 1. The molecule has 1 aliphatic heterocycles. The molecule has 0 radical (unpaired) electrons. The van der Waals surface area contributed by atoms with Crippen molar-refractivity contribution in [1.82, 2.24) is 0 Å². The standard InChI is InChI=1S/C12H22O5S/c1-8(2)10(11(13)14)18(15,16)7-9-5-6-12(3,4)17-9/h8-10H,5-7H2,1-4H3,(H,13,14). The summed E-state index contributed by atoms with van der Waals surface area (Å²) in [6.45, 7) is 7.04. The number of carboxylic acid groups (broad SMARTS) is 1. The zero-order chi connectivity index (χ0) is 14.1. The van der Waals surface area contributed by atoms with Crippen molar-refractivity contribution < 1.29 is 23.1 Å².